The molecule has 3 aromatic heterocycles. The summed E-state index contributed by atoms with van der Waals surface area (Å²) in [6.45, 7) is 8.62. The van der Waals surface area contributed by atoms with Crippen LogP contribution >= 0.6 is 0 Å². The number of anilines is 2. The zero-order valence-electron chi connectivity index (χ0n) is 17.4. The Balaban J connectivity index is 1.46. The number of hydrogen-bond donors (Lipinski definition) is 0. The van der Waals surface area contributed by atoms with Crippen molar-refractivity contribution in [2.45, 2.75) is 40.0 Å². The van der Waals surface area contributed by atoms with Gasteiger partial charge in [-0.05, 0) is 39.0 Å². The lowest BCUT2D eigenvalue weighted by atomic mass is 9.96. The Morgan fingerprint density at radius 3 is 2.62 bits per heavy atom. The van der Waals surface area contributed by atoms with E-state index in [0.29, 0.717) is 29.6 Å². The molecule has 154 valence electrons. The summed E-state index contributed by atoms with van der Waals surface area (Å²) in [5.41, 5.74) is 2.58. The molecule has 8 nitrogen and oxygen atoms in total. The summed E-state index contributed by atoms with van der Waals surface area (Å²) in [6.07, 6.45) is 5.61. The fraction of sp³-hybridized carbons (Fsp3) is 0.550. The highest BCUT2D eigenvalue weighted by Gasteiger charge is 2.25. The van der Waals surface area contributed by atoms with Gasteiger partial charge in [-0.1, -0.05) is 6.92 Å². The first-order chi connectivity index (χ1) is 14.0. The maximum Gasteiger partial charge on any atom is 0.254 e. The van der Waals surface area contributed by atoms with Gasteiger partial charge >= 0.3 is 0 Å². The van der Waals surface area contributed by atoms with Gasteiger partial charge in [-0.15, -0.1) is 0 Å². The van der Waals surface area contributed by atoms with Crippen LogP contribution in [0.25, 0.3) is 5.78 Å². The van der Waals surface area contributed by atoms with Gasteiger partial charge in [-0.25, -0.2) is 19.3 Å². The lowest BCUT2D eigenvalue weighted by Crippen LogP contribution is -2.39. The van der Waals surface area contributed by atoms with Gasteiger partial charge in [0.1, 0.15) is 18.5 Å². The third-order valence-corrected chi connectivity index (χ3v) is 5.86. The van der Waals surface area contributed by atoms with Crippen molar-refractivity contribution in [3.8, 4) is 0 Å². The third-order valence-electron chi connectivity index (χ3n) is 5.86. The van der Waals surface area contributed by atoms with E-state index < -0.39 is 0 Å². The quantitative estimate of drug-likeness (QED) is 0.654. The smallest absolute Gasteiger partial charge is 0.254 e. The van der Waals surface area contributed by atoms with Gasteiger partial charge in [0.15, 0.2) is 11.6 Å². The number of aryl methyl sites for hydroxylation is 2. The molecular weight excluding hydrogens is 371 g/mol. The molecule has 0 saturated carbocycles. The SMILES string of the molecule is CCc1ncnc(N(C)CC2CCN(c3c(C)c(C)nc4ncnn34)CC2)c1F. The van der Waals surface area contributed by atoms with Gasteiger partial charge in [-0.2, -0.15) is 14.6 Å². The van der Waals surface area contributed by atoms with Crippen LogP contribution in [0, 0.1) is 25.6 Å². The summed E-state index contributed by atoms with van der Waals surface area (Å²) in [4.78, 5) is 21.2. The summed E-state index contributed by atoms with van der Waals surface area (Å²) in [6, 6.07) is 0. The van der Waals surface area contributed by atoms with Crippen molar-refractivity contribution in [3.63, 3.8) is 0 Å². The van der Waals surface area contributed by atoms with E-state index in [9.17, 15) is 4.39 Å². The van der Waals surface area contributed by atoms with Crippen molar-refractivity contribution >= 4 is 17.4 Å². The molecule has 0 N–H and O–H groups in total. The number of halogens is 1. The van der Waals surface area contributed by atoms with Crippen LogP contribution in [-0.4, -0.2) is 56.2 Å². The molecule has 0 radical (unpaired) electrons. The van der Waals surface area contributed by atoms with Gasteiger partial charge in [0.05, 0.1) is 5.69 Å². The molecule has 4 heterocycles. The predicted molar refractivity (Wildman–Crippen MR) is 110 cm³/mol. The fourth-order valence-corrected chi connectivity index (χ4v) is 4.10. The van der Waals surface area contributed by atoms with Gasteiger partial charge < -0.3 is 9.80 Å². The van der Waals surface area contributed by atoms with E-state index in [1.165, 1.54) is 6.33 Å². The average molecular weight is 398 g/mol. The standard InChI is InChI=1S/C20H27FN8/c1-5-16-17(21)18(23-11-22-16)27(4)10-15-6-8-28(9-7-15)19-13(2)14(3)26-20-24-12-25-29(19)20/h11-12,15H,5-10H2,1-4H3. The molecule has 4 rings (SSSR count). The highest BCUT2D eigenvalue weighted by molar-refractivity contribution is 5.54. The van der Waals surface area contributed by atoms with E-state index in [-0.39, 0.29) is 5.82 Å². The van der Waals surface area contributed by atoms with Crippen molar-refractivity contribution in [1.82, 2.24) is 29.5 Å². The Morgan fingerprint density at radius 2 is 1.90 bits per heavy atom. The Kier molecular flexibility index (Phi) is 5.29. The molecule has 29 heavy (non-hydrogen) atoms. The molecule has 0 aliphatic carbocycles. The maximum absolute atomic E-state index is 14.6. The molecule has 1 aliphatic rings. The summed E-state index contributed by atoms with van der Waals surface area (Å²) >= 11 is 0. The minimum Gasteiger partial charge on any atom is -0.357 e. The van der Waals surface area contributed by atoms with Crippen molar-refractivity contribution in [3.05, 3.63) is 35.4 Å². The predicted octanol–water partition coefficient (Wildman–Crippen LogP) is 2.59. The van der Waals surface area contributed by atoms with Crippen LogP contribution in [0.15, 0.2) is 12.7 Å². The third kappa shape index (κ3) is 3.61. The van der Waals surface area contributed by atoms with Crippen molar-refractivity contribution < 1.29 is 4.39 Å². The van der Waals surface area contributed by atoms with Crippen LogP contribution in [0.5, 0.6) is 0 Å². The second-order valence-electron chi connectivity index (χ2n) is 7.74. The summed E-state index contributed by atoms with van der Waals surface area (Å²) < 4.78 is 16.4. The lowest BCUT2D eigenvalue weighted by molar-refractivity contribution is 0.403. The van der Waals surface area contributed by atoms with Crippen LogP contribution < -0.4 is 9.80 Å². The number of rotatable bonds is 5. The van der Waals surface area contributed by atoms with E-state index in [2.05, 4.69) is 36.9 Å². The van der Waals surface area contributed by atoms with Gasteiger partial charge in [0, 0.05) is 37.9 Å². The van der Waals surface area contributed by atoms with E-state index in [1.54, 1.807) is 6.33 Å². The summed E-state index contributed by atoms with van der Waals surface area (Å²) in [5, 5.41) is 4.37. The van der Waals surface area contributed by atoms with Crippen molar-refractivity contribution in [1.29, 1.82) is 0 Å². The minimum atomic E-state index is -0.300. The first kappa shape index (κ1) is 19.5. The Morgan fingerprint density at radius 1 is 1.14 bits per heavy atom. The van der Waals surface area contributed by atoms with Gasteiger partial charge in [-0.3, -0.25) is 0 Å². The second-order valence-corrected chi connectivity index (χ2v) is 7.74. The second kappa shape index (κ2) is 7.88. The van der Waals surface area contributed by atoms with E-state index in [0.717, 1.165) is 49.6 Å². The lowest BCUT2D eigenvalue weighted by Gasteiger charge is -2.36. The highest BCUT2D eigenvalue weighted by Crippen LogP contribution is 2.28. The van der Waals surface area contributed by atoms with Crippen LogP contribution in [0.4, 0.5) is 16.0 Å². The van der Waals surface area contributed by atoms with Crippen LogP contribution in [0.2, 0.25) is 0 Å². The number of nitrogens with zero attached hydrogens (tertiary/aromatic N) is 8. The summed E-state index contributed by atoms with van der Waals surface area (Å²) in [5.74, 6) is 2.28. The van der Waals surface area contributed by atoms with Crippen molar-refractivity contribution in [2.24, 2.45) is 5.92 Å². The van der Waals surface area contributed by atoms with Gasteiger partial charge in [0.2, 0.25) is 0 Å². The van der Waals surface area contributed by atoms with Crippen LogP contribution in [-0.2, 0) is 6.42 Å². The molecule has 0 aromatic carbocycles. The molecule has 0 amide bonds. The molecular formula is C20H27FN8. The Labute approximate surface area is 169 Å². The van der Waals surface area contributed by atoms with E-state index >= 15 is 0 Å². The van der Waals surface area contributed by atoms with E-state index in [4.69, 9.17) is 0 Å². The molecule has 1 fully saturated rings. The number of piperidine rings is 1. The van der Waals surface area contributed by atoms with E-state index in [1.807, 2.05) is 30.3 Å². The number of fused-ring (bicyclic) bond motifs is 1. The molecule has 0 atom stereocenters. The van der Waals surface area contributed by atoms with Crippen LogP contribution in [0.1, 0.15) is 36.7 Å². The van der Waals surface area contributed by atoms with Gasteiger partial charge in [0.25, 0.3) is 5.78 Å². The monoisotopic (exact) mass is 398 g/mol. The number of hydrogen-bond acceptors (Lipinski definition) is 7. The Hall–Kier alpha value is -2.84. The minimum absolute atomic E-state index is 0.300. The largest absolute Gasteiger partial charge is 0.357 e. The molecule has 0 unspecified atom stereocenters. The molecule has 1 aliphatic heterocycles. The first-order valence-electron chi connectivity index (χ1n) is 10.1. The normalized spacial score (nSPS) is 15.3. The maximum atomic E-state index is 14.6. The van der Waals surface area contributed by atoms with Crippen molar-refractivity contribution in [2.75, 3.05) is 36.5 Å². The molecule has 9 heteroatoms. The molecule has 1 saturated heterocycles. The first-order valence-corrected chi connectivity index (χ1v) is 10.1. The average Bonchev–Trinajstić information content (AvgIpc) is 3.17. The molecule has 3 aromatic rings. The fourth-order valence-electron chi connectivity index (χ4n) is 4.10. The zero-order valence-corrected chi connectivity index (χ0v) is 17.4. The zero-order chi connectivity index (χ0) is 20.5. The number of aromatic nitrogens is 6. The Bertz CT molecular complexity index is 1010. The molecule has 0 bridgehead atoms. The topological polar surface area (TPSA) is 75.3 Å². The highest BCUT2D eigenvalue weighted by atomic mass is 19.1. The van der Waals surface area contributed by atoms with Crippen LogP contribution in [0.3, 0.4) is 0 Å². The molecule has 0 spiro atoms. The summed E-state index contributed by atoms with van der Waals surface area (Å²) in [7, 11) is 1.91.